The quantitative estimate of drug-likeness (QED) is 0.822. The fourth-order valence-corrected chi connectivity index (χ4v) is 3.01. The molecule has 1 heterocycles. The summed E-state index contributed by atoms with van der Waals surface area (Å²) >= 11 is 1.91. The first kappa shape index (κ1) is 13.3. The maximum absolute atomic E-state index is 12.0. The SMILES string of the molecule is CC1CCSCCN1C(=O)OCc1ccccc1. The lowest BCUT2D eigenvalue weighted by molar-refractivity contribution is 0.0859. The van der Waals surface area contributed by atoms with Gasteiger partial charge in [0.2, 0.25) is 0 Å². The van der Waals surface area contributed by atoms with Crippen LogP contribution in [0.3, 0.4) is 0 Å². The Bertz CT molecular complexity index is 383. The second kappa shape index (κ2) is 6.69. The maximum atomic E-state index is 12.0. The molecule has 0 saturated carbocycles. The molecule has 1 aromatic rings. The van der Waals surface area contributed by atoms with Gasteiger partial charge in [0.05, 0.1) is 0 Å². The zero-order valence-electron chi connectivity index (χ0n) is 10.7. The van der Waals surface area contributed by atoms with Gasteiger partial charge in [-0.1, -0.05) is 30.3 Å². The van der Waals surface area contributed by atoms with E-state index in [1.807, 2.05) is 47.0 Å². The number of carbonyl (C=O) groups excluding carboxylic acids is 1. The average molecular weight is 265 g/mol. The summed E-state index contributed by atoms with van der Waals surface area (Å²) in [5, 5.41) is 0. The molecule has 0 radical (unpaired) electrons. The molecule has 4 heteroatoms. The fourth-order valence-electron chi connectivity index (χ4n) is 1.97. The van der Waals surface area contributed by atoms with Crippen molar-refractivity contribution < 1.29 is 9.53 Å². The standard InChI is InChI=1S/C14H19NO2S/c1-12-7-9-18-10-8-15(12)14(16)17-11-13-5-3-2-4-6-13/h2-6,12H,7-11H2,1H3. The fraction of sp³-hybridized carbons (Fsp3) is 0.500. The third-order valence-corrected chi connectivity index (χ3v) is 4.12. The van der Waals surface area contributed by atoms with Crippen molar-refractivity contribution >= 4 is 17.9 Å². The van der Waals surface area contributed by atoms with Crippen molar-refractivity contribution in [3.8, 4) is 0 Å². The first-order valence-electron chi connectivity index (χ1n) is 6.32. The van der Waals surface area contributed by atoms with Crippen LogP contribution in [-0.4, -0.2) is 35.1 Å². The van der Waals surface area contributed by atoms with Crippen LogP contribution in [-0.2, 0) is 11.3 Å². The van der Waals surface area contributed by atoms with Crippen molar-refractivity contribution in [1.29, 1.82) is 0 Å². The largest absolute Gasteiger partial charge is 0.445 e. The second-order valence-electron chi connectivity index (χ2n) is 4.48. The minimum Gasteiger partial charge on any atom is -0.445 e. The van der Waals surface area contributed by atoms with Crippen molar-refractivity contribution in [3.05, 3.63) is 35.9 Å². The van der Waals surface area contributed by atoms with Gasteiger partial charge >= 0.3 is 6.09 Å². The van der Waals surface area contributed by atoms with Gasteiger partial charge in [-0.3, -0.25) is 0 Å². The van der Waals surface area contributed by atoms with Gasteiger partial charge in [-0.05, 0) is 24.7 Å². The van der Waals surface area contributed by atoms with Crippen molar-refractivity contribution in [2.45, 2.75) is 26.0 Å². The molecule has 1 amide bonds. The molecular weight excluding hydrogens is 246 g/mol. The van der Waals surface area contributed by atoms with E-state index in [9.17, 15) is 4.79 Å². The number of hydrogen-bond donors (Lipinski definition) is 0. The number of benzene rings is 1. The Labute approximate surface area is 113 Å². The summed E-state index contributed by atoms with van der Waals surface area (Å²) in [4.78, 5) is 13.9. The number of carbonyl (C=O) groups is 1. The van der Waals surface area contributed by atoms with Crippen LogP contribution >= 0.6 is 11.8 Å². The van der Waals surface area contributed by atoms with Gasteiger partial charge < -0.3 is 9.64 Å². The highest BCUT2D eigenvalue weighted by atomic mass is 32.2. The van der Waals surface area contributed by atoms with Gasteiger partial charge in [-0.2, -0.15) is 11.8 Å². The lowest BCUT2D eigenvalue weighted by Gasteiger charge is -2.25. The molecule has 0 aliphatic carbocycles. The summed E-state index contributed by atoms with van der Waals surface area (Å²) in [5.74, 6) is 2.13. The molecule has 0 aromatic heterocycles. The van der Waals surface area contributed by atoms with E-state index in [0.29, 0.717) is 6.61 Å². The molecule has 0 spiro atoms. The number of ether oxygens (including phenoxy) is 1. The zero-order valence-corrected chi connectivity index (χ0v) is 11.5. The van der Waals surface area contributed by atoms with Gasteiger partial charge in [-0.15, -0.1) is 0 Å². The minimum absolute atomic E-state index is 0.186. The van der Waals surface area contributed by atoms with Gasteiger partial charge in [0, 0.05) is 18.3 Å². The van der Waals surface area contributed by atoms with E-state index >= 15 is 0 Å². The van der Waals surface area contributed by atoms with Gasteiger partial charge in [-0.25, -0.2) is 4.79 Å². The Kier molecular flexibility index (Phi) is 4.93. The normalized spacial score (nSPS) is 20.3. The van der Waals surface area contributed by atoms with Crippen molar-refractivity contribution in [1.82, 2.24) is 4.90 Å². The number of rotatable bonds is 2. The Morgan fingerprint density at radius 3 is 2.94 bits per heavy atom. The van der Waals surface area contributed by atoms with Crippen LogP contribution in [0.15, 0.2) is 30.3 Å². The van der Waals surface area contributed by atoms with E-state index < -0.39 is 0 Å². The van der Waals surface area contributed by atoms with E-state index in [1.54, 1.807) is 0 Å². The molecule has 1 unspecified atom stereocenters. The number of hydrogen-bond acceptors (Lipinski definition) is 3. The smallest absolute Gasteiger partial charge is 0.410 e. The molecule has 0 N–H and O–H groups in total. The van der Waals surface area contributed by atoms with Gasteiger partial charge in [0.15, 0.2) is 0 Å². The van der Waals surface area contributed by atoms with Crippen molar-refractivity contribution in [3.63, 3.8) is 0 Å². The van der Waals surface area contributed by atoms with Crippen LogP contribution in [0.4, 0.5) is 4.79 Å². The molecule has 98 valence electrons. The highest BCUT2D eigenvalue weighted by Crippen LogP contribution is 2.17. The first-order chi connectivity index (χ1) is 8.77. The molecule has 1 aliphatic rings. The Balaban J connectivity index is 1.87. The molecule has 1 fully saturated rings. The lowest BCUT2D eigenvalue weighted by atomic mass is 10.2. The molecule has 0 bridgehead atoms. The van der Waals surface area contributed by atoms with E-state index in [4.69, 9.17) is 4.74 Å². The van der Waals surface area contributed by atoms with E-state index in [-0.39, 0.29) is 12.1 Å². The highest BCUT2D eigenvalue weighted by molar-refractivity contribution is 7.99. The van der Waals surface area contributed by atoms with Crippen molar-refractivity contribution in [2.75, 3.05) is 18.1 Å². The van der Waals surface area contributed by atoms with E-state index in [1.165, 1.54) is 0 Å². The Morgan fingerprint density at radius 1 is 1.39 bits per heavy atom. The second-order valence-corrected chi connectivity index (χ2v) is 5.71. The van der Waals surface area contributed by atoms with Crippen LogP contribution in [0.25, 0.3) is 0 Å². The summed E-state index contributed by atoms with van der Waals surface area (Å²) in [6.45, 7) is 3.24. The Morgan fingerprint density at radius 2 is 2.17 bits per heavy atom. The molecular formula is C14H19NO2S. The predicted octanol–water partition coefficient (Wildman–Crippen LogP) is 3.15. The summed E-state index contributed by atoms with van der Waals surface area (Å²) in [6, 6.07) is 10.1. The lowest BCUT2D eigenvalue weighted by Crippen LogP contribution is -2.39. The monoisotopic (exact) mass is 265 g/mol. The maximum Gasteiger partial charge on any atom is 0.410 e. The topological polar surface area (TPSA) is 29.5 Å². The molecule has 18 heavy (non-hydrogen) atoms. The zero-order chi connectivity index (χ0) is 12.8. The number of amides is 1. The molecule has 2 rings (SSSR count). The van der Waals surface area contributed by atoms with E-state index in [2.05, 4.69) is 6.92 Å². The van der Waals surface area contributed by atoms with Crippen LogP contribution in [0.5, 0.6) is 0 Å². The minimum atomic E-state index is -0.186. The first-order valence-corrected chi connectivity index (χ1v) is 7.48. The summed E-state index contributed by atoms with van der Waals surface area (Å²) in [6.07, 6.45) is 0.860. The predicted molar refractivity (Wildman–Crippen MR) is 74.7 cm³/mol. The molecule has 1 aliphatic heterocycles. The summed E-state index contributed by atoms with van der Waals surface area (Å²) in [7, 11) is 0. The van der Waals surface area contributed by atoms with Crippen LogP contribution < -0.4 is 0 Å². The molecule has 1 atom stereocenters. The van der Waals surface area contributed by atoms with Crippen LogP contribution in [0, 0.1) is 0 Å². The third kappa shape index (κ3) is 3.67. The summed E-state index contributed by atoms with van der Waals surface area (Å²) in [5.41, 5.74) is 1.03. The molecule has 1 aromatic carbocycles. The van der Waals surface area contributed by atoms with Gasteiger partial charge in [0.25, 0.3) is 0 Å². The third-order valence-electron chi connectivity index (χ3n) is 3.13. The van der Waals surface area contributed by atoms with E-state index in [0.717, 1.165) is 30.0 Å². The van der Waals surface area contributed by atoms with Gasteiger partial charge in [0.1, 0.15) is 6.61 Å². The molecule has 1 saturated heterocycles. The summed E-state index contributed by atoms with van der Waals surface area (Å²) < 4.78 is 5.37. The molecule has 3 nitrogen and oxygen atoms in total. The Hall–Kier alpha value is -1.16. The average Bonchev–Trinajstić information content (AvgIpc) is 2.62. The van der Waals surface area contributed by atoms with Crippen LogP contribution in [0.2, 0.25) is 0 Å². The van der Waals surface area contributed by atoms with Crippen LogP contribution in [0.1, 0.15) is 18.9 Å². The number of nitrogens with zero attached hydrogens (tertiary/aromatic N) is 1. The number of thioether (sulfide) groups is 1. The van der Waals surface area contributed by atoms with Crippen molar-refractivity contribution in [2.24, 2.45) is 0 Å². The highest BCUT2D eigenvalue weighted by Gasteiger charge is 2.23.